The lowest BCUT2D eigenvalue weighted by Crippen LogP contribution is -2.40. The molecule has 2 aromatic rings. The Kier molecular flexibility index (Phi) is 5.77. The molecule has 2 aromatic carbocycles. The van der Waals surface area contributed by atoms with Crippen molar-refractivity contribution in [3.63, 3.8) is 0 Å². The summed E-state index contributed by atoms with van der Waals surface area (Å²) in [5.41, 5.74) is 0.967. The van der Waals surface area contributed by atoms with Gasteiger partial charge >= 0.3 is 0 Å². The third kappa shape index (κ3) is 5.21. The Labute approximate surface area is 171 Å². The highest BCUT2D eigenvalue weighted by molar-refractivity contribution is 7.89. The zero-order valence-electron chi connectivity index (χ0n) is 16.7. The Balaban J connectivity index is 1.73. The Morgan fingerprint density at radius 2 is 1.76 bits per heavy atom. The van der Waals surface area contributed by atoms with Crippen LogP contribution in [0.4, 0.5) is 11.4 Å². The van der Waals surface area contributed by atoms with E-state index >= 15 is 0 Å². The number of anilines is 2. The van der Waals surface area contributed by atoms with Gasteiger partial charge in [-0.1, -0.05) is 6.07 Å². The molecule has 0 radical (unpaired) electrons. The van der Waals surface area contributed by atoms with E-state index in [1.165, 1.54) is 18.2 Å². The number of nitrogens with zero attached hydrogens (tertiary/aromatic N) is 1. The van der Waals surface area contributed by atoms with Gasteiger partial charge in [-0.05, 0) is 69.7 Å². The SMILES string of the molecule is CC(C)(C)NS(=O)(=O)c1cccc(C(=O)Nc2ccc(N3CCCC3=O)cc2)c1. The van der Waals surface area contributed by atoms with Crippen LogP contribution in [0.3, 0.4) is 0 Å². The van der Waals surface area contributed by atoms with Crippen molar-refractivity contribution >= 4 is 33.2 Å². The first-order chi connectivity index (χ1) is 13.5. The van der Waals surface area contributed by atoms with E-state index in [0.29, 0.717) is 18.7 Å². The van der Waals surface area contributed by atoms with Crippen molar-refractivity contribution in [1.29, 1.82) is 0 Å². The van der Waals surface area contributed by atoms with Crippen LogP contribution >= 0.6 is 0 Å². The molecular weight excluding hydrogens is 390 g/mol. The van der Waals surface area contributed by atoms with E-state index in [4.69, 9.17) is 0 Å². The number of benzene rings is 2. The largest absolute Gasteiger partial charge is 0.322 e. The van der Waals surface area contributed by atoms with Crippen molar-refractivity contribution in [2.24, 2.45) is 0 Å². The zero-order valence-corrected chi connectivity index (χ0v) is 17.5. The first kappa shape index (κ1) is 21.0. The van der Waals surface area contributed by atoms with Gasteiger partial charge in [0.1, 0.15) is 0 Å². The lowest BCUT2D eigenvalue weighted by Gasteiger charge is -2.20. The Morgan fingerprint density at radius 1 is 1.07 bits per heavy atom. The number of rotatable bonds is 5. The number of sulfonamides is 1. The zero-order chi connectivity index (χ0) is 21.2. The summed E-state index contributed by atoms with van der Waals surface area (Å²) in [4.78, 5) is 26.2. The van der Waals surface area contributed by atoms with Crippen molar-refractivity contribution in [2.75, 3.05) is 16.8 Å². The maximum Gasteiger partial charge on any atom is 0.255 e. The minimum Gasteiger partial charge on any atom is -0.322 e. The Hall–Kier alpha value is -2.71. The molecule has 3 rings (SSSR count). The van der Waals surface area contributed by atoms with Crippen LogP contribution < -0.4 is 14.9 Å². The lowest BCUT2D eigenvalue weighted by atomic mass is 10.1. The first-order valence-corrected chi connectivity index (χ1v) is 10.9. The third-order valence-corrected chi connectivity index (χ3v) is 6.11. The molecule has 2 amide bonds. The van der Waals surface area contributed by atoms with Crippen molar-refractivity contribution in [3.8, 4) is 0 Å². The second kappa shape index (κ2) is 7.96. The van der Waals surface area contributed by atoms with Crippen LogP contribution in [0.25, 0.3) is 0 Å². The van der Waals surface area contributed by atoms with Gasteiger partial charge in [0.15, 0.2) is 0 Å². The summed E-state index contributed by atoms with van der Waals surface area (Å²) in [5, 5.41) is 2.76. The summed E-state index contributed by atoms with van der Waals surface area (Å²) in [7, 11) is -3.73. The van der Waals surface area contributed by atoms with Gasteiger partial charge in [-0.2, -0.15) is 0 Å². The highest BCUT2D eigenvalue weighted by atomic mass is 32.2. The number of carbonyl (C=O) groups is 2. The van der Waals surface area contributed by atoms with Gasteiger partial charge in [0, 0.05) is 35.4 Å². The summed E-state index contributed by atoms with van der Waals surface area (Å²) in [6.45, 7) is 5.95. The van der Waals surface area contributed by atoms with Crippen LogP contribution in [0.15, 0.2) is 53.4 Å². The third-order valence-electron chi connectivity index (χ3n) is 4.36. The maximum absolute atomic E-state index is 12.6. The van der Waals surface area contributed by atoms with Gasteiger partial charge in [-0.3, -0.25) is 9.59 Å². The minimum atomic E-state index is -3.73. The molecule has 29 heavy (non-hydrogen) atoms. The molecule has 0 saturated carbocycles. The summed E-state index contributed by atoms with van der Waals surface area (Å²) in [6.07, 6.45) is 1.41. The lowest BCUT2D eigenvalue weighted by molar-refractivity contribution is -0.117. The molecule has 0 spiro atoms. The van der Waals surface area contributed by atoms with Crippen LogP contribution in [0.5, 0.6) is 0 Å². The highest BCUT2D eigenvalue weighted by Gasteiger charge is 2.23. The Morgan fingerprint density at radius 3 is 2.34 bits per heavy atom. The van der Waals surface area contributed by atoms with Gasteiger partial charge in [0.05, 0.1) is 4.90 Å². The standard InChI is InChI=1S/C21H25N3O4S/c1-21(2,3)23-29(27,28)18-7-4-6-15(14-18)20(26)22-16-9-11-17(12-10-16)24-13-5-8-19(24)25/h4,6-7,9-12,14,23H,5,8,13H2,1-3H3,(H,22,26). The van der Waals surface area contributed by atoms with Crippen molar-refractivity contribution in [3.05, 3.63) is 54.1 Å². The molecule has 1 fully saturated rings. The molecule has 154 valence electrons. The molecule has 0 bridgehead atoms. The van der Waals surface area contributed by atoms with E-state index in [9.17, 15) is 18.0 Å². The van der Waals surface area contributed by atoms with E-state index in [2.05, 4.69) is 10.0 Å². The number of hydrogen-bond acceptors (Lipinski definition) is 4. The van der Waals surface area contributed by atoms with Crippen molar-refractivity contribution in [2.45, 2.75) is 44.0 Å². The van der Waals surface area contributed by atoms with Crippen molar-refractivity contribution in [1.82, 2.24) is 4.72 Å². The fourth-order valence-corrected chi connectivity index (χ4v) is 4.58. The number of hydrogen-bond donors (Lipinski definition) is 2. The van der Waals surface area contributed by atoms with Crippen LogP contribution in [0, 0.1) is 0 Å². The average Bonchev–Trinajstić information content (AvgIpc) is 3.06. The molecule has 8 heteroatoms. The average molecular weight is 416 g/mol. The second-order valence-corrected chi connectivity index (χ2v) is 9.72. The summed E-state index contributed by atoms with van der Waals surface area (Å²) < 4.78 is 27.6. The second-order valence-electron chi connectivity index (χ2n) is 8.03. The molecule has 2 N–H and O–H groups in total. The van der Waals surface area contributed by atoms with Gasteiger partial charge in [0.2, 0.25) is 15.9 Å². The van der Waals surface area contributed by atoms with Gasteiger partial charge in [-0.15, -0.1) is 0 Å². The number of amides is 2. The molecule has 1 aliphatic heterocycles. The van der Waals surface area contributed by atoms with E-state index in [0.717, 1.165) is 12.1 Å². The smallest absolute Gasteiger partial charge is 0.255 e. The minimum absolute atomic E-state index is 0.0305. The predicted molar refractivity (Wildman–Crippen MR) is 112 cm³/mol. The molecule has 0 aliphatic carbocycles. The molecule has 0 aromatic heterocycles. The molecule has 0 atom stereocenters. The van der Waals surface area contributed by atoms with Crippen molar-refractivity contribution < 1.29 is 18.0 Å². The summed E-state index contributed by atoms with van der Waals surface area (Å²) in [6, 6.07) is 12.9. The summed E-state index contributed by atoms with van der Waals surface area (Å²) in [5.74, 6) is -0.313. The fraction of sp³-hybridized carbons (Fsp3) is 0.333. The monoisotopic (exact) mass is 415 g/mol. The summed E-state index contributed by atoms with van der Waals surface area (Å²) >= 11 is 0. The van der Waals surface area contributed by atoms with Gasteiger partial charge in [-0.25, -0.2) is 13.1 Å². The molecule has 1 heterocycles. The highest BCUT2D eigenvalue weighted by Crippen LogP contribution is 2.23. The molecule has 1 aliphatic rings. The van der Waals surface area contributed by atoms with Gasteiger partial charge in [0.25, 0.3) is 5.91 Å². The van der Waals surface area contributed by atoms with Crippen LogP contribution in [0.2, 0.25) is 0 Å². The van der Waals surface area contributed by atoms with Crippen LogP contribution in [-0.2, 0) is 14.8 Å². The molecular formula is C21H25N3O4S. The van der Waals surface area contributed by atoms with E-state index < -0.39 is 21.5 Å². The molecule has 1 saturated heterocycles. The number of carbonyl (C=O) groups excluding carboxylic acids is 2. The Bertz CT molecular complexity index is 1020. The van der Waals surface area contributed by atoms with E-state index in [1.807, 2.05) is 0 Å². The van der Waals surface area contributed by atoms with E-state index in [1.54, 1.807) is 56.0 Å². The number of nitrogens with one attached hydrogen (secondary N) is 2. The quantitative estimate of drug-likeness (QED) is 0.784. The maximum atomic E-state index is 12.6. The van der Waals surface area contributed by atoms with E-state index in [-0.39, 0.29) is 16.4 Å². The topological polar surface area (TPSA) is 95.6 Å². The first-order valence-electron chi connectivity index (χ1n) is 9.41. The van der Waals surface area contributed by atoms with Crippen LogP contribution in [0.1, 0.15) is 44.0 Å². The van der Waals surface area contributed by atoms with Gasteiger partial charge < -0.3 is 10.2 Å². The fourth-order valence-electron chi connectivity index (χ4n) is 3.12. The normalized spacial score (nSPS) is 14.9. The molecule has 7 nitrogen and oxygen atoms in total. The molecule has 0 unspecified atom stereocenters. The predicted octanol–water partition coefficient (Wildman–Crippen LogP) is 3.14. The van der Waals surface area contributed by atoms with Crippen LogP contribution in [-0.4, -0.2) is 32.3 Å².